The molecule has 158 valence electrons. The molecule has 2 fully saturated rings. The van der Waals surface area contributed by atoms with Gasteiger partial charge in [-0.1, -0.05) is 30.6 Å². The van der Waals surface area contributed by atoms with Crippen LogP contribution in [0.4, 0.5) is 5.69 Å². The van der Waals surface area contributed by atoms with Gasteiger partial charge >= 0.3 is 0 Å². The van der Waals surface area contributed by atoms with Crippen LogP contribution in [0.3, 0.4) is 0 Å². The number of aromatic nitrogens is 1. The zero-order valence-electron chi connectivity index (χ0n) is 17.6. The molecule has 2 aliphatic carbocycles. The van der Waals surface area contributed by atoms with Crippen LogP contribution in [0.5, 0.6) is 0 Å². The summed E-state index contributed by atoms with van der Waals surface area (Å²) in [5.41, 5.74) is 3.14. The van der Waals surface area contributed by atoms with Crippen molar-refractivity contribution >= 4 is 23.2 Å². The minimum absolute atomic E-state index is 0.140. The van der Waals surface area contributed by atoms with Crippen molar-refractivity contribution in [3.8, 4) is 6.07 Å². The molecule has 0 spiro atoms. The van der Waals surface area contributed by atoms with E-state index in [2.05, 4.69) is 30.4 Å². The molecule has 0 atom stereocenters. The number of hydrogen-bond donors (Lipinski definition) is 1. The molecular formula is C24H28ClN3O2. The molecule has 0 aliphatic heterocycles. The number of nitrogens with one attached hydrogen (secondary N) is 1. The number of halogens is 1. The van der Waals surface area contributed by atoms with Gasteiger partial charge in [-0.2, -0.15) is 5.26 Å². The van der Waals surface area contributed by atoms with Crippen LogP contribution in [0, 0.1) is 23.2 Å². The molecule has 2 aromatic rings. The Morgan fingerprint density at radius 3 is 2.77 bits per heavy atom. The van der Waals surface area contributed by atoms with Gasteiger partial charge in [0.1, 0.15) is 5.76 Å². The van der Waals surface area contributed by atoms with E-state index in [4.69, 9.17) is 21.4 Å². The average Bonchev–Trinajstić information content (AvgIpc) is 3.44. The maximum atomic E-state index is 12.5. The molecule has 5 nitrogen and oxygen atoms in total. The molecule has 1 aromatic carbocycles. The molecule has 0 radical (unpaired) electrons. The van der Waals surface area contributed by atoms with Crippen LogP contribution in [0.25, 0.3) is 0 Å². The summed E-state index contributed by atoms with van der Waals surface area (Å²) in [5.74, 6) is 3.53. The highest BCUT2D eigenvalue weighted by molar-refractivity contribution is 6.33. The molecule has 0 bridgehead atoms. The maximum Gasteiger partial charge on any atom is 0.224 e. The normalized spacial score (nSPS) is 20.6. The largest absolute Gasteiger partial charge is 0.361 e. The van der Waals surface area contributed by atoms with Crippen molar-refractivity contribution in [1.82, 2.24) is 5.16 Å². The molecule has 0 unspecified atom stereocenters. The van der Waals surface area contributed by atoms with Crippen LogP contribution >= 0.6 is 11.6 Å². The van der Waals surface area contributed by atoms with E-state index < -0.39 is 0 Å². The number of amides is 1. The zero-order chi connectivity index (χ0) is 21.3. The predicted molar refractivity (Wildman–Crippen MR) is 117 cm³/mol. The van der Waals surface area contributed by atoms with Crippen molar-refractivity contribution in [2.75, 3.05) is 5.32 Å². The third-order valence-corrected chi connectivity index (χ3v) is 6.52. The Labute approximate surface area is 182 Å². The number of carbonyl (C=O) groups excluding carboxylic acids is 1. The molecule has 2 aliphatic rings. The molecule has 2 saturated carbocycles. The standard InChI is InChI=1S/C24H28ClN3O2/c1-14(2)9-16-10-18(11-16)24-23(17-4-5-17)20(28-30-24)7-8-22(29)27-21-12-15(13-26)3-6-19(21)25/h3,6,12,14,16-18H,4-5,7-11H2,1-2H3,(H,27,29). The first kappa shape index (κ1) is 20.9. The predicted octanol–water partition coefficient (Wildman–Crippen LogP) is 6.19. The average molecular weight is 426 g/mol. The van der Waals surface area contributed by atoms with Gasteiger partial charge in [0, 0.05) is 24.3 Å². The van der Waals surface area contributed by atoms with Gasteiger partial charge in [0.25, 0.3) is 0 Å². The lowest BCUT2D eigenvalue weighted by Crippen LogP contribution is -2.23. The van der Waals surface area contributed by atoms with E-state index >= 15 is 0 Å². The number of anilines is 1. The highest BCUT2D eigenvalue weighted by Gasteiger charge is 2.40. The topological polar surface area (TPSA) is 78.9 Å². The van der Waals surface area contributed by atoms with Gasteiger partial charge in [-0.3, -0.25) is 4.79 Å². The minimum Gasteiger partial charge on any atom is -0.361 e. The van der Waals surface area contributed by atoms with Gasteiger partial charge in [-0.05, 0) is 68.1 Å². The first-order valence-corrected chi connectivity index (χ1v) is 11.3. The minimum atomic E-state index is -0.140. The third-order valence-electron chi connectivity index (χ3n) is 6.19. The molecule has 4 rings (SSSR count). The van der Waals surface area contributed by atoms with Crippen LogP contribution in [-0.4, -0.2) is 11.1 Å². The van der Waals surface area contributed by atoms with Gasteiger partial charge < -0.3 is 9.84 Å². The molecule has 0 saturated heterocycles. The number of carbonyl (C=O) groups is 1. The summed E-state index contributed by atoms with van der Waals surface area (Å²) in [6, 6.07) is 6.90. The zero-order valence-corrected chi connectivity index (χ0v) is 18.3. The van der Waals surface area contributed by atoms with Crippen LogP contribution in [0.15, 0.2) is 22.7 Å². The van der Waals surface area contributed by atoms with Crippen molar-refractivity contribution in [1.29, 1.82) is 5.26 Å². The van der Waals surface area contributed by atoms with Crippen molar-refractivity contribution in [2.24, 2.45) is 11.8 Å². The molecule has 30 heavy (non-hydrogen) atoms. The van der Waals surface area contributed by atoms with E-state index in [1.807, 2.05) is 0 Å². The Bertz CT molecular complexity index is 965. The number of rotatable bonds is 8. The van der Waals surface area contributed by atoms with Gasteiger partial charge in [-0.15, -0.1) is 0 Å². The number of nitriles is 1. The summed E-state index contributed by atoms with van der Waals surface area (Å²) in [4.78, 5) is 12.5. The summed E-state index contributed by atoms with van der Waals surface area (Å²) in [6.07, 6.45) is 6.91. The Hall–Kier alpha value is -2.32. The fourth-order valence-corrected chi connectivity index (χ4v) is 4.74. The van der Waals surface area contributed by atoms with Crippen molar-refractivity contribution in [3.05, 3.63) is 45.8 Å². The second kappa shape index (κ2) is 8.81. The van der Waals surface area contributed by atoms with Gasteiger partial charge in [-0.25, -0.2) is 0 Å². The molecule has 1 aromatic heterocycles. The Kier molecular flexibility index (Phi) is 6.15. The molecule has 6 heteroatoms. The molecule has 1 N–H and O–H groups in total. The van der Waals surface area contributed by atoms with E-state index in [1.54, 1.807) is 18.2 Å². The monoisotopic (exact) mass is 425 g/mol. The lowest BCUT2D eigenvalue weighted by molar-refractivity contribution is -0.116. The number of hydrogen-bond acceptors (Lipinski definition) is 4. The fraction of sp³-hybridized carbons (Fsp3) is 0.542. The summed E-state index contributed by atoms with van der Waals surface area (Å²) in [5, 5.41) is 16.6. The molecular weight excluding hydrogens is 398 g/mol. The maximum absolute atomic E-state index is 12.5. The Balaban J connectivity index is 1.38. The highest BCUT2D eigenvalue weighted by Crippen LogP contribution is 2.51. The van der Waals surface area contributed by atoms with E-state index in [-0.39, 0.29) is 5.91 Å². The van der Waals surface area contributed by atoms with E-state index in [0.29, 0.717) is 41.0 Å². The van der Waals surface area contributed by atoms with E-state index in [0.717, 1.165) is 23.3 Å². The number of nitrogens with zero attached hydrogens (tertiary/aromatic N) is 2. The summed E-state index contributed by atoms with van der Waals surface area (Å²) in [7, 11) is 0. The van der Waals surface area contributed by atoms with E-state index in [9.17, 15) is 4.79 Å². The van der Waals surface area contributed by atoms with Crippen LogP contribution in [0.2, 0.25) is 5.02 Å². The molecule has 1 heterocycles. The number of aryl methyl sites for hydroxylation is 1. The van der Waals surface area contributed by atoms with Crippen molar-refractivity contribution < 1.29 is 9.32 Å². The van der Waals surface area contributed by atoms with Gasteiger partial charge in [0.2, 0.25) is 5.91 Å². The van der Waals surface area contributed by atoms with Crippen LogP contribution in [-0.2, 0) is 11.2 Å². The third kappa shape index (κ3) is 4.70. The highest BCUT2D eigenvalue weighted by atomic mass is 35.5. The quantitative estimate of drug-likeness (QED) is 0.546. The lowest BCUT2D eigenvalue weighted by atomic mass is 9.69. The van der Waals surface area contributed by atoms with Crippen LogP contribution < -0.4 is 5.32 Å². The number of benzene rings is 1. The van der Waals surface area contributed by atoms with Gasteiger partial charge in [0.15, 0.2) is 0 Å². The first-order valence-electron chi connectivity index (χ1n) is 10.9. The smallest absolute Gasteiger partial charge is 0.224 e. The van der Waals surface area contributed by atoms with E-state index in [1.165, 1.54) is 37.7 Å². The first-order chi connectivity index (χ1) is 14.4. The fourth-order valence-electron chi connectivity index (χ4n) is 4.57. The van der Waals surface area contributed by atoms with Crippen molar-refractivity contribution in [3.63, 3.8) is 0 Å². The lowest BCUT2D eigenvalue weighted by Gasteiger charge is -2.35. The van der Waals surface area contributed by atoms with Gasteiger partial charge in [0.05, 0.1) is 28.0 Å². The summed E-state index contributed by atoms with van der Waals surface area (Å²) < 4.78 is 5.82. The Morgan fingerprint density at radius 1 is 1.33 bits per heavy atom. The summed E-state index contributed by atoms with van der Waals surface area (Å²) >= 11 is 6.14. The summed E-state index contributed by atoms with van der Waals surface area (Å²) in [6.45, 7) is 4.56. The molecule has 1 amide bonds. The SMILES string of the molecule is CC(C)CC1CC(c2onc(CCC(=O)Nc3cc(C#N)ccc3Cl)c2C2CC2)C1. The second-order valence-electron chi connectivity index (χ2n) is 9.20. The second-order valence-corrected chi connectivity index (χ2v) is 9.61. The Morgan fingerprint density at radius 2 is 2.10 bits per heavy atom. The van der Waals surface area contributed by atoms with Crippen LogP contribution in [0.1, 0.15) is 86.8 Å². The van der Waals surface area contributed by atoms with Crippen molar-refractivity contribution in [2.45, 2.75) is 70.6 Å².